The van der Waals surface area contributed by atoms with Crippen molar-refractivity contribution in [1.29, 1.82) is 0 Å². The first-order chi connectivity index (χ1) is 8.27. The fourth-order valence-electron chi connectivity index (χ4n) is 1.55. The maximum absolute atomic E-state index is 13.4. The zero-order valence-corrected chi connectivity index (χ0v) is 10.5. The average Bonchev–Trinajstić information content (AvgIpc) is 2.34. The van der Waals surface area contributed by atoms with Crippen molar-refractivity contribution in [2.75, 3.05) is 27.4 Å². The van der Waals surface area contributed by atoms with Gasteiger partial charge < -0.3 is 14.8 Å². The van der Waals surface area contributed by atoms with Crippen LogP contribution in [0, 0.1) is 5.82 Å². The molecule has 1 rings (SSSR count). The predicted octanol–water partition coefficient (Wildman–Crippen LogP) is 2.35. The number of hydrogen-bond acceptors (Lipinski definition) is 3. The van der Waals surface area contributed by atoms with Crippen LogP contribution >= 0.6 is 0 Å². The molecule has 0 fully saturated rings. The molecule has 3 nitrogen and oxygen atoms in total. The minimum atomic E-state index is -0.314. The van der Waals surface area contributed by atoms with E-state index in [0.29, 0.717) is 6.54 Å². The highest BCUT2D eigenvalue weighted by molar-refractivity contribution is 5.29. The van der Waals surface area contributed by atoms with Crippen molar-refractivity contribution >= 4 is 0 Å². The molecule has 0 saturated heterocycles. The number of nitrogens with one attached hydrogen (secondary N) is 1. The van der Waals surface area contributed by atoms with E-state index in [1.807, 2.05) is 6.07 Å². The van der Waals surface area contributed by atoms with E-state index in [1.54, 1.807) is 13.2 Å². The summed E-state index contributed by atoms with van der Waals surface area (Å²) in [5.74, 6) is -0.0278. The van der Waals surface area contributed by atoms with E-state index in [-0.39, 0.29) is 11.6 Å². The first-order valence-corrected chi connectivity index (χ1v) is 5.80. The maximum Gasteiger partial charge on any atom is 0.165 e. The maximum atomic E-state index is 13.4. The highest BCUT2D eigenvalue weighted by Crippen LogP contribution is 2.17. The Labute approximate surface area is 102 Å². The van der Waals surface area contributed by atoms with Crippen molar-refractivity contribution in [2.45, 2.75) is 19.4 Å². The molecule has 0 spiro atoms. The molecule has 1 aromatic rings. The van der Waals surface area contributed by atoms with Gasteiger partial charge in [0.2, 0.25) is 0 Å². The number of rotatable bonds is 8. The molecule has 0 aliphatic rings. The van der Waals surface area contributed by atoms with Crippen LogP contribution < -0.4 is 10.1 Å². The van der Waals surface area contributed by atoms with Gasteiger partial charge in [-0.3, -0.25) is 0 Å². The summed E-state index contributed by atoms with van der Waals surface area (Å²) in [4.78, 5) is 0. The van der Waals surface area contributed by atoms with Crippen molar-refractivity contribution in [3.8, 4) is 5.75 Å². The minimum Gasteiger partial charge on any atom is -0.494 e. The fourth-order valence-corrected chi connectivity index (χ4v) is 1.55. The van der Waals surface area contributed by atoms with Crippen LogP contribution in [0.15, 0.2) is 18.2 Å². The van der Waals surface area contributed by atoms with Crippen LogP contribution in [0.25, 0.3) is 0 Å². The number of halogens is 1. The molecule has 0 bridgehead atoms. The third-order valence-electron chi connectivity index (χ3n) is 2.50. The second-order valence-corrected chi connectivity index (χ2v) is 3.85. The lowest BCUT2D eigenvalue weighted by atomic mass is 10.2. The molecular formula is C13H20FNO2. The molecule has 0 radical (unpaired) electrons. The Morgan fingerprint density at radius 3 is 2.71 bits per heavy atom. The third kappa shape index (κ3) is 5.15. The molecule has 96 valence electrons. The Balaban J connectivity index is 2.25. The molecule has 0 amide bonds. The summed E-state index contributed by atoms with van der Waals surface area (Å²) in [6.45, 7) is 2.38. The smallest absolute Gasteiger partial charge is 0.165 e. The molecule has 0 aromatic heterocycles. The van der Waals surface area contributed by atoms with Crippen molar-refractivity contribution in [3.63, 3.8) is 0 Å². The lowest BCUT2D eigenvalue weighted by Gasteiger charge is -2.07. The summed E-state index contributed by atoms with van der Waals surface area (Å²) in [5.41, 5.74) is 0.926. The van der Waals surface area contributed by atoms with Gasteiger partial charge in [-0.15, -0.1) is 0 Å². The van der Waals surface area contributed by atoms with Crippen LogP contribution in [0.3, 0.4) is 0 Å². The van der Waals surface area contributed by atoms with Crippen molar-refractivity contribution in [3.05, 3.63) is 29.6 Å². The van der Waals surface area contributed by atoms with Gasteiger partial charge in [0.25, 0.3) is 0 Å². The topological polar surface area (TPSA) is 30.5 Å². The van der Waals surface area contributed by atoms with Gasteiger partial charge in [-0.1, -0.05) is 6.07 Å². The first-order valence-electron chi connectivity index (χ1n) is 5.80. The summed E-state index contributed by atoms with van der Waals surface area (Å²) in [7, 11) is 3.17. The Morgan fingerprint density at radius 2 is 2.06 bits per heavy atom. The van der Waals surface area contributed by atoms with Crippen molar-refractivity contribution in [2.24, 2.45) is 0 Å². The van der Waals surface area contributed by atoms with Crippen molar-refractivity contribution < 1.29 is 13.9 Å². The molecule has 4 heteroatoms. The molecule has 0 atom stereocenters. The number of unbranched alkanes of at least 4 members (excludes halogenated alkanes) is 1. The molecule has 0 unspecified atom stereocenters. The van der Waals surface area contributed by atoms with Gasteiger partial charge >= 0.3 is 0 Å². The molecular weight excluding hydrogens is 221 g/mol. The number of benzene rings is 1. The summed E-state index contributed by atoms with van der Waals surface area (Å²) < 4.78 is 23.2. The Bertz CT molecular complexity index is 331. The van der Waals surface area contributed by atoms with E-state index in [0.717, 1.165) is 31.6 Å². The van der Waals surface area contributed by atoms with Crippen LogP contribution in [-0.2, 0) is 11.3 Å². The van der Waals surface area contributed by atoms with Gasteiger partial charge in [0, 0.05) is 20.3 Å². The fraction of sp³-hybridized carbons (Fsp3) is 0.538. The summed E-state index contributed by atoms with van der Waals surface area (Å²) >= 11 is 0. The summed E-state index contributed by atoms with van der Waals surface area (Å²) in [6.07, 6.45) is 2.10. The summed E-state index contributed by atoms with van der Waals surface area (Å²) in [6, 6.07) is 5.02. The van der Waals surface area contributed by atoms with Crippen LogP contribution in [-0.4, -0.2) is 27.4 Å². The molecule has 1 aromatic carbocycles. The second-order valence-electron chi connectivity index (χ2n) is 3.85. The van der Waals surface area contributed by atoms with E-state index < -0.39 is 0 Å². The van der Waals surface area contributed by atoms with E-state index >= 15 is 0 Å². The number of ether oxygens (including phenoxy) is 2. The predicted molar refractivity (Wildman–Crippen MR) is 65.8 cm³/mol. The van der Waals surface area contributed by atoms with E-state index in [9.17, 15) is 4.39 Å². The first kappa shape index (κ1) is 13.9. The molecule has 17 heavy (non-hydrogen) atoms. The van der Waals surface area contributed by atoms with E-state index in [1.165, 1.54) is 13.2 Å². The minimum absolute atomic E-state index is 0.286. The van der Waals surface area contributed by atoms with Gasteiger partial charge in [0.15, 0.2) is 11.6 Å². The van der Waals surface area contributed by atoms with Crippen LogP contribution in [0.5, 0.6) is 5.75 Å². The van der Waals surface area contributed by atoms with E-state index in [2.05, 4.69) is 5.32 Å². The third-order valence-corrected chi connectivity index (χ3v) is 2.50. The van der Waals surface area contributed by atoms with E-state index in [4.69, 9.17) is 9.47 Å². The van der Waals surface area contributed by atoms with Gasteiger partial charge in [-0.25, -0.2) is 4.39 Å². The zero-order valence-electron chi connectivity index (χ0n) is 10.5. The van der Waals surface area contributed by atoms with Gasteiger partial charge in [0.05, 0.1) is 7.11 Å². The highest BCUT2D eigenvalue weighted by Gasteiger charge is 2.02. The Hall–Kier alpha value is -1.13. The average molecular weight is 241 g/mol. The molecule has 0 saturated carbocycles. The van der Waals surface area contributed by atoms with Crippen LogP contribution in [0.2, 0.25) is 0 Å². The quantitative estimate of drug-likeness (QED) is 0.709. The monoisotopic (exact) mass is 241 g/mol. The highest BCUT2D eigenvalue weighted by atomic mass is 19.1. The molecule has 0 aliphatic carbocycles. The Morgan fingerprint density at radius 1 is 1.24 bits per heavy atom. The van der Waals surface area contributed by atoms with Crippen LogP contribution in [0.1, 0.15) is 18.4 Å². The number of methoxy groups -OCH3 is 2. The zero-order chi connectivity index (χ0) is 12.5. The van der Waals surface area contributed by atoms with Crippen LogP contribution in [0.4, 0.5) is 4.39 Å². The lowest BCUT2D eigenvalue weighted by molar-refractivity contribution is 0.192. The van der Waals surface area contributed by atoms with Gasteiger partial charge in [0.1, 0.15) is 0 Å². The lowest BCUT2D eigenvalue weighted by Crippen LogP contribution is -2.15. The largest absolute Gasteiger partial charge is 0.494 e. The SMILES string of the molecule is COCCCCNCc1ccc(OC)c(F)c1. The van der Waals surface area contributed by atoms with Gasteiger partial charge in [-0.2, -0.15) is 0 Å². The normalized spacial score (nSPS) is 10.5. The van der Waals surface area contributed by atoms with Gasteiger partial charge in [-0.05, 0) is 37.1 Å². The standard InChI is InChI=1S/C13H20FNO2/c1-16-8-4-3-7-15-10-11-5-6-13(17-2)12(14)9-11/h5-6,9,15H,3-4,7-8,10H2,1-2H3. The summed E-state index contributed by atoms with van der Waals surface area (Å²) in [5, 5.41) is 3.26. The second kappa shape index (κ2) is 8.03. The number of hydrogen-bond donors (Lipinski definition) is 1. The Kier molecular flexibility index (Phi) is 6.58. The molecule has 1 N–H and O–H groups in total. The molecule has 0 aliphatic heterocycles. The molecule has 0 heterocycles. The van der Waals surface area contributed by atoms with Crippen molar-refractivity contribution in [1.82, 2.24) is 5.32 Å².